The minimum absolute atomic E-state index is 0.168. The molecule has 0 aromatic heterocycles. The molecule has 1 aromatic rings. The quantitative estimate of drug-likeness (QED) is 0.813. The van der Waals surface area contributed by atoms with Crippen LogP contribution in [0.2, 0.25) is 0 Å². The molecule has 0 spiro atoms. The van der Waals surface area contributed by atoms with Gasteiger partial charge in [0.1, 0.15) is 11.6 Å². The van der Waals surface area contributed by atoms with Gasteiger partial charge in [-0.1, -0.05) is 30.3 Å². The Morgan fingerprint density at radius 3 is 2.67 bits per heavy atom. The van der Waals surface area contributed by atoms with Crippen LogP contribution in [0.4, 0.5) is 0 Å². The first kappa shape index (κ1) is 16.0. The first-order valence-corrected chi connectivity index (χ1v) is 7.67. The third-order valence-electron chi connectivity index (χ3n) is 3.47. The van der Waals surface area contributed by atoms with Gasteiger partial charge in [-0.05, 0) is 45.7 Å². The maximum Gasteiger partial charge on any atom is 0.324 e. The molecule has 1 unspecified atom stereocenters. The van der Waals surface area contributed by atoms with Gasteiger partial charge >= 0.3 is 5.97 Å². The van der Waals surface area contributed by atoms with Gasteiger partial charge in [0.2, 0.25) is 0 Å². The molecule has 1 aliphatic rings. The van der Waals surface area contributed by atoms with Crippen LogP contribution in [0.5, 0.6) is 0 Å². The molecule has 4 nitrogen and oxygen atoms in total. The molecule has 0 amide bonds. The summed E-state index contributed by atoms with van der Waals surface area (Å²) in [4.78, 5) is 12.4. The molecular formula is C17H26N2O2. The number of nitrogens with one attached hydrogen (secondary N) is 2. The topological polar surface area (TPSA) is 50.4 Å². The molecular weight excluding hydrogens is 264 g/mol. The Morgan fingerprint density at radius 2 is 2.10 bits per heavy atom. The van der Waals surface area contributed by atoms with Crippen molar-refractivity contribution in [2.45, 2.75) is 51.3 Å². The van der Waals surface area contributed by atoms with E-state index >= 15 is 0 Å². The van der Waals surface area contributed by atoms with E-state index in [1.165, 1.54) is 0 Å². The Kier molecular flexibility index (Phi) is 5.37. The van der Waals surface area contributed by atoms with Crippen molar-refractivity contribution >= 4 is 5.97 Å². The highest BCUT2D eigenvalue weighted by molar-refractivity contribution is 5.76. The van der Waals surface area contributed by atoms with Crippen LogP contribution in [0.15, 0.2) is 30.3 Å². The van der Waals surface area contributed by atoms with Crippen molar-refractivity contribution < 1.29 is 9.53 Å². The number of esters is 1. The second kappa shape index (κ2) is 7.05. The van der Waals surface area contributed by atoms with Gasteiger partial charge < -0.3 is 15.4 Å². The normalized spacial score (nSPS) is 20.2. The third-order valence-corrected chi connectivity index (χ3v) is 3.47. The highest BCUT2D eigenvalue weighted by Crippen LogP contribution is 2.13. The van der Waals surface area contributed by atoms with Gasteiger partial charge in [-0.15, -0.1) is 0 Å². The molecule has 1 saturated heterocycles. The van der Waals surface area contributed by atoms with Gasteiger partial charge in [0.15, 0.2) is 0 Å². The summed E-state index contributed by atoms with van der Waals surface area (Å²) in [7, 11) is 0. The van der Waals surface area contributed by atoms with Crippen molar-refractivity contribution in [1.82, 2.24) is 10.6 Å². The van der Waals surface area contributed by atoms with Crippen molar-refractivity contribution in [1.29, 1.82) is 0 Å². The maximum atomic E-state index is 12.4. The summed E-state index contributed by atoms with van der Waals surface area (Å²) >= 11 is 0. The van der Waals surface area contributed by atoms with E-state index in [9.17, 15) is 4.79 Å². The summed E-state index contributed by atoms with van der Waals surface area (Å²) in [5.74, 6) is -0.168. The van der Waals surface area contributed by atoms with Gasteiger partial charge in [-0.25, -0.2) is 0 Å². The lowest BCUT2D eigenvalue weighted by Gasteiger charge is -2.26. The molecule has 0 bridgehead atoms. The standard InChI is InChI=1S/C17H26N2O2/c1-17(2,3)21-16(20)15(19-14-9-10-18-12-14)11-13-7-5-4-6-8-13/h4-8,14-15,18-19H,9-12H2,1-3H3/t14?,15-/m0/s1. The summed E-state index contributed by atoms with van der Waals surface area (Å²) < 4.78 is 5.56. The fourth-order valence-electron chi connectivity index (χ4n) is 2.51. The van der Waals surface area contributed by atoms with E-state index < -0.39 is 5.60 Å². The second-order valence-corrected chi connectivity index (χ2v) is 6.63. The lowest BCUT2D eigenvalue weighted by atomic mass is 10.0. The Balaban J connectivity index is 2.03. The highest BCUT2D eigenvalue weighted by Gasteiger charge is 2.28. The van der Waals surface area contributed by atoms with E-state index in [4.69, 9.17) is 4.74 Å². The molecule has 1 fully saturated rings. The monoisotopic (exact) mass is 290 g/mol. The summed E-state index contributed by atoms with van der Waals surface area (Å²) in [6.45, 7) is 7.63. The maximum absolute atomic E-state index is 12.4. The predicted molar refractivity (Wildman–Crippen MR) is 84.2 cm³/mol. The molecule has 1 aromatic carbocycles. The van der Waals surface area contributed by atoms with E-state index in [-0.39, 0.29) is 12.0 Å². The Bertz CT molecular complexity index is 448. The van der Waals surface area contributed by atoms with E-state index in [0.29, 0.717) is 12.5 Å². The largest absolute Gasteiger partial charge is 0.459 e. The van der Waals surface area contributed by atoms with Crippen molar-refractivity contribution in [3.63, 3.8) is 0 Å². The second-order valence-electron chi connectivity index (χ2n) is 6.63. The minimum atomic E-state index is -0.457. The molecule has 4 heteroatoms. The molecule has 21 heavy (non-hydrogen) atoms. The van der Waals surface area contributed by atoms with Crippen molar-refractivity contribution in [2.75, 3.05) is 13.1 Å². The predicted octanol–water partition coefficient (Wildman–Crippen LogP) is 1.89. The van der Waals surface area contributed by atoms with Crippen LogP contribution in [0, 0.1) is 0 Å². The fourth-order valence-corrected chi connectivity index (χ4v) is 2.51. The van der Waals surface area contributed by atoms with Gasteiger partial charge in [-0.2, -0.15) is 0 Å². The Labute approximate surface area is 127 Å². The molecule has 0 radical (unpaired) electrons. The van der Waals surface area contributed by atoms with Crippen LogP contribution in [-0.4, -0.2) is 36.7 Å². The van der Waals surface area contributed by atoms with Crippen molar-refractivity contribution in [3.05, 3.63) is 35.9 Å². The van der Waals surface area contributed by atoms with Crippen LogP contribution in [0.1, 0.15) is 32.8 Å². The van der Waals surface area contributed by atoms with E-state index in [1.54, 1.807) is 0 Å². The van der Waals surface area contributed by atoms with Crippen LogP contribution in [0.3, 0.4) is 0 Å². The average Bonchev–Trinajstić information content (AvgIpc) is 2.90. The van der Waals surface area contributed by atoms with Crippen LogP contribution < -0.4 is 10.6 Å². The van der Waals surface area contributed by atoms with Crippen molar-refractivity contribution in [2.24, 2.45) is 0 Å². The number of hydrogen-bond acceptors (Lipinski definition) is 4. The van der Waals surface area contributed by atoms with Crippen LogP contribution >= 0.6 is 0 Å². The van der Waals surface area contributed by atoms with Crippen LogP contribution in [-0.2, 0) is 16.0 Å². The Morgan fingerprint density at radius 1 is 1.38 bits per heavy atom. The number of carbonyl (C=O) groups excluding carboxylic acids is 1. The first-order chi connectivity index (χ1) is 9.94. The summed E-state index contributed by atoms with van der Waals surface area (Å²) in [6.07, 6.45) is 1.71. The third kappa shape index (κ3) is 5.48. The summed E-state index contributed by atoms with van der Waals surface area (Å²) in [5, 5.41) is 6.76. The SMILES string of the molecule is CC(C)(C)OC(=O)[C@H](Cc1ccccc1)NC1CCNC1. The molecule has 1 heterocycles. The zero-order valence-corrected chi connectivity index (χ0v) is 13.2. The van der Waals surface area contributed by atoms with Gasteiger partial charge in [0.05, 0.1) is 0 Å². The number of carbonyl (C=O) groups is 1. The molecule has 116 valence electrons. The summed E-state index contributed by atoms with van der Waals surface area (Å²) in [5.41, 5.74) is 0.688. The average molecular weight is 290 g/mol. The highest BCUT2D eigenvalue weighted by atomic mass is 16.6. The number of ether oxygens (including phenoxy) is 1. The minimum Gasteiger partial charge on any atom is -0.459 e. The molecule has 0 aliphatic carbocycles. The van der Waals surface area contributed by atoms with E-state index in [0.717, 1.165) is 25.1 Å². The zero-order chi connectivity index (χ0) is 15.3. The molecule has 2 rings (SSSR count). The molecule has 2 N–H and O–H groups in total. The Hall–Kier alpha value is -1.39. The van der Waals surface area contributed by atoms with Crippen LogP contribution in [0.25, 0.3) is 0 Å². The van der Waals surface area contributed by atoms with Gasteiger partial charge in [-0.3, -0.25) is 4.79 Å². The van der Waals surface area contributed by atoms with E-state index in [1.807, 2.05) is 51.1 Å². The number of hydrogen-bond donors (Lipinski definition) is 2. The van der Waals surface area contributed by atoms with E-state index in [2.05, 4.69) is 10.6 Å². The lowest BCUT2D eigenvalue weighted by molar-refractivity contribution is -0.157. The summed E-state index contributed by atoms with van der Waals surface area (Å²) in [6, 6.07) is 10.1. The van der Waals surface area contributed by atoms with Crippen molar-refractivity contribution in [3.8, 4) is 0 Å². The first-order valence-electron chi connectivity index (χ1n) is 7.67. The number of benzene rings is 1. The lowest BCUT2D eigenvalue weighted by Crippen LogP contribution is -2.48. The van der Waals surface area contributed by atoms with Gasteiger partial charge in [0.25, 0.3) is 0 Å². The number of rotatable bonds is 5. The molecule has 0 saturated carbocycles. The zero-order valence-electron chi connectivity index (χ0n) is 13.2. The smallest absolute Gasteiger partial charge is 0.324 e. The van der Waals surface area contributed by atoms with Gasteiger partial charge in [0, 0.05) is 12.6 Å². The fraction of sp³-hybridized carbons (Fsp3) is 0.588. The molecule has 2 atom stereocenters. The molecule has 1 aliphatic heterocycles.